The van der Waals surface area contributed by atoms with E-state index < -0.39 is 6.10 Å². The van der Waals surface area contributed by atoms with Crippen molar-refractivity contribution in [3.8, 4) is 11.8 Å². The summed E-state index contributed by atoms with van der Waals surface area (Å²) in [6.45, 7) is 5.20. The van der Waals surface area contributed by atoms with Crippen LogP contribution in [0, 0.1) is 29.6 Å². The van der Waals surface area contributed by atoms with E-state index in [9.17, 15) is 14.7 Å². The average Bonchev–Trinajstić information content (AvgIpc) is 3.23. The molecule has 0 spiro atoms. The topological polar surface area (TPSA) is 82.1 Å². The van der Waals surface area contributed by atoms with Crippen LogP contribution in [0.3, 0.4) is 0 Å². The molecule has 6 nitrogen and oxygen atoms in total. The number of aliphatic hydroxyl groups excluding tert-OH is 1. The normalized spacial score (nSPS) is 29.7. The number of methoxy groups -OCH3 is 1. The molecule has 30 heavy (non-hydrogen) atoms. The Hall–Kier alpha value is -1.84. The number of aliphatic hydroxyl groups is 1. The number of unbranched alkanes of at least 4 members (excludes halogenated alkanes) is 1. The molecule has 0 radical (unpaired) electrons. The van der Waals surface area contributed by atoms with Gasteiger partial charge in [0.25, 0.3) is 0 Å². The summed E-state index contributed by atoms with van der Waals surface area (Å²) >= 11 is 0. The number of hydrogen-bond acceptors (Lipinski definition) is 6. The van der Waals surface area contributed by atoms with Crippen LogP contribution in [0.25, 0.3) is 0 Å². The average molecular weight is 421 g/mol. The summed E-state index contributed by atoms with van der Waals surface area (Å²) in [4.78, 5) is 22.8. The van der Waals surface area contributed by atoms with Gasteiger partial charge in [-0.2, -0.15) is 0 Å². The highest BCUT2D eigenvalue weighted by atomic mass is 16.6. The molecule has 0 aromatic rings. The fourth-order valence-electron chi connectivity index (χ4n) is 4.51. The van der Waals surface area contributed by atoms with Gasteiger partial charge in [0.1, 0.15) is 6.10 Å². The number of rotatable bonds is 10. The van der Waals surface area contributed by atoms with Crippen LogP contribution in [0.1, 0.15) is 65.7 Å². The standard InChI is InChI=1S/C24H36O6/c1-5-6-9-16(2)21(26)13-12-19-20-14-18(10-7-8-11-24(27)28-4)30-23(20)15-22(19)29-17(3)25/h12-13,16,18-23,26H,7-11,14-15H2,1-4H3/t16?,18-,19+,20+,21+,22+,23-/m0/s1. The van der Waals surface area contributed by atoms with Crippen LogP contribution in [0.5, 0.6) is 0 Å². The van der Waals surface area contributed by atoms with Crippen LogP contribution < -0.4 is 0 Å². The van der Waals surface area contributed by atoms with E-state index in [1.165, 1.54) is 14.0 Å². The second-order valence-electron chi connectivity index (χ2n) is 8.46. The molecule has 6 heteroatoms. The molecule has 0 aromatic heterocycles. The van der Waals surface area contributed by atoms with Crippen LogP contribution in [0.2, 0.25) is 0 Å². The third kappa shape index (κ3) is 7.14. The second-order valence-corrected chi connectivity index (χ2v) is 8.46. The monoisotopic (exact) mass is 420 g/mol. The highest BCUT2D eigenvalue weighted by molar-refractivity contribution is 5.69. The van der Waals surface area contributed by atoms with Gasteiger partial charge >= 0.3 is 11.9 Å². The molecule has 1 aliphatic heterocycles. The first-order valence-electron chi connectivity index (χ1n) is 11.0. The Morgan fingerprint density at radius 2 is 2.07 bits per heavy atom. The zero-order valence-electron chi connectivity index (χ0n) is 18.6. The zero-order chi connectivity index (χ0) is 22.1. The third-order valence-corrected chi connectivity index (χ3v) is 6.18. The maximum absolute atomic E-state index is 11.6. The van der Waals surface area contributed by atoms with Crippen LogP contribution >= 0.6 is 0 Å². The van der Waals surface area contributed by atoms with Crippen molar-refractivity contribution in [3.63, 3.8) is 0 Å². The lowest BCUT2D eigenvalue weighted by Crippen LogP contribution is -2.25. The summed E-state index contributed by atoms with van der Waals surface area (Å²) in [5.74, 6) is 5.76. The number of hydrogen-bond donors (Lipinski definition) is 1. The zero-order valence-corrected chi connectivity index (χ0v) is 18.6. The van der Waals surface area contributed by atoms with Gasteiger partial charge in [-0.1, -0.05) is 25.5 Å². The van der Waals surface area contributed by atoms with Crippen LogP contribution in [-0.2, 0) is 23.8 Å². The molecule has 2 fully saturated rings. The van der Waals surface area contributed by atoms with Crippen molar-refractivity contribution >= 4 is 11.9 Å². The minimum absolute atomic E-state index is 0.0399. The number of fused-ring (bicyclic) bond motifs is 1. The van der Waals surface area contributed by atoms with Gasteiger partial charge in [-0.3, -0.25) is 9.59 Å². The minimum Gasteiger partial charge on any atom is -0.469 e. The highest BCUT2D eigenvalue weighted by Gasteiger charge is 2.49. The van der Waals surface area contributed by atoms with Crippen LogP contribution in [0.4, 0.5) is 0 Å². The quantitative estimate of drug-likeness (QED) is 0.252. The van der Waals surface area contributed by atoms with E-state index in [2.05, 4.69) is 16.6 Å². The Morgan fingerprint density at radius 3 is 2.73 bits per heavy atom. The lowest BCUT2D eigenvalue weighted by atomic mass is 9.88. The molecule has 1 saturated carbocycles. The summed E-state index contributed by atoms with van der Waals surface area (Å²) in [6, 6.07) is 0. The van der Waals surface area contributed by atoms with E-state index in [4.69, 9.17) is 9.47 Å². The van der Waals surface area contributed by atoms with E-state index in [-0.39, 0.29) is 48.0 Å². The van der Waals surface area contributed by atoms with Gasteiger partial charge in [0.05, 0.1) is 25.4 Å². The maximum atomic E-state index is 11.6. The van der Waals surface area contributed by atoms with Crippen LogP contribution in [0.15, 0.2) is 12.2 Å². The number of ether oxygens (including phenoxy) is 3. The maximum Gasteiger partial charge on any atom is 0.305 e. The molecular formula is C24H36O6. The van der Waals surface area contributed by atoms with Crippen molar-refractivity contribution in [3.05, 3.63) is 12.2 Å². The second kappa shape index (κ2) is 12.1. The minimum atomic E-state index is -0.584. The van der Waals surface area contributed by atoms with E-state index in [0.717, 1.165) is 25.7 Å². The molecule has 1 saturated heterocycles. The Kier molecular flexibility index (Phi) is 9.87. The first kappa shape index (κ1) is 24.4. The van der Waals surface area contributed by atoms with E-state index in [0.29, 0.717) is 19.3 Å². The number of carbonyl (C=O) groups is 2. The molecule has 1 aliphatic carbocycles. The summed E-state index contributed by atoms with van der Waals surface area (Å²) in [7, 11) is 1.41. The fourth-order valence-corrected chi connectivity index (χ4v) is 4.51. The molecule has 0 amide bonds. The van der Waals surface area contributed by atoms with Gasteiger partial charge in [-0.25, -0.2) is 0 Å². The SMILES string of the molecule is CC#CCC(C)[C@H](O)C=C[C@@H]1[C@H]2C[C@H](CCCCC(=O)OC)O[C@H]2C[C@H]1OC(C)=O. The first-order valence-corrected chi connectivity index (χ1v) is 11.0. The van der Waals surface area contributed by atoms with Gasteiger partial charge in [0.15, 0.2) is 0 Å². The van der Waals surface area contributed by atoms with E-state index >= 15 is 0 Å². The Morgan fingerprint density at radius 1 is 1.30 bits per heavy atom. The number of esters is 2. The van der Waals surface area contributed by atoms with E-state index in [1.807, 2.05) is 19.1 Å². The van der Waals surface area contributed by atoms with Gasteiger partial charge in [-0.15, -0.1) is 11.8 Å². The van der Waals surface area contributed by atoms with Gasteiger partial charge in [-0.05, 0) is 38.0 Å². The summed E-state index contributed by atoms with van der Waals surface area (Å²) in [6.07, 6.45) is 8.57. The van der Waals surface area contributed by atoms with Crippen molar-refractivity contribution in [1.82, 2.24) is 0 Å². The molecule has 2 aliphatic rings. The predicted octanol–water partition coefficient (Wildman–Crippen LogP) is 3.41. The van der Waals surface area contributed by atoms with Crippen molar-refractivity contribution in [2.45, 2.75) is 90.1 Å². The number of carbonyl (C=O) groups excluding carboxylic acids is 2. The van der Waals surface area contributed by atoms with Crippen LogP contribution in [-0.4, -0.2) is 48.6 Å². The third-order valence-electron chi connectivity index (χ3n) is 6.18. The van der Waals surface area contributed by atoms with Crippen molar-refractivity contribution < 1.29 is 28.9 Å². The fraction of sp³-hybridized carbons (Fsp3) is 0.750. The summed E-state index contributed by atoms with van der Waals surface area (Å²) in [5, 5.41) is 10.4. The molecule has 0 aromatic carbocycles. The lowest BCUT2D eigenvalue weighted by molar-refractivity contribution is -0.148. The van der Waals surface area contributed by atoms with Gasteiger partial charge in [0, 0.05) is 32.1 Å². The molecule has 1 N–H and O–H groups in total. The lowest BCUT2D eigenvalue weighted by Gasteiger charge is -2.22. The first-order chi connectivity index (χ1) is 14.3. The van der Waals surface area contributed by atoms with Crippen molar-refractivity contribution in [2.24, 2.45) is 17.8 Å². The van der Waals surface area contributed by atoms with Gasteiger partial charge in [0.2, 0.25) is 0 Å². The Balaban J connectivity index is 1.94. The largest absolute Gasteiger partial charge is 0.469 e. The predicted molar refractivity (Wildman–Crippen MR) is 113 cm³/mol. The molecule has 2 rings (SSSR count). The summed E-state index contributed by atoms with van der Waals surface area (Å²) in [5.41, 5.74) is 0. The molecular weight excluding hydrogens is 384 g/mol. The molecule has 1 unspecified atom stereocenters. The Bertz CT molecular complexity index is 660. The smallest absolute Gasteiger partial charge is 0.305 e. The summed E-state index contributed by atoms with van der Waals surface area (Å²) < 4.78 is 16.5. The molecule has 1 heterocycles. The molecule has 0 bridgehead atoms. The highest BCUT2D eigenvalue weighted by Crippen LogP contribution is 2.46. The van der Waals surface area contributed by atoms with Gasteiger partial charge < -0.3 is 19.3 Å². The molecule has 168 valence electrons. The van der Waals surface area contributed by atoms with Crippen molar-refractivity contribution in [2.75, 3.05) is 7.11 Å². The Labute approximate surface area is 180 Å². The molecule has 7 atom stereocenters. The van der Waals surface area contributed by atoms with Crippen molar-refractivity contribution in [1.29, 1.82) is 0 Å². The van der Waals surface area contributed by atoms with E-state index in [1.54, 1.807) is 6.92 Å².